The zero-order valence-corrected chi connectivity index (χ0v) is 11.3. The summed E-state index contributed by atoms with van der Waals surface area (Å²) >= 11 is 0. The van der Waals surface area contributed by atoms with Gasteiger partial charge in [0.05, 0.1) is 13.2 Å². The van der Waals surface area contributed by atoms with Crippen LogP contribution in [-0.4, -0.2) is 50.2 Å². The molecule has 1 heterocycles. The van der Waals surface area contributed by atoms with E-state index in [1.165, 1.54) is 32.1 Å². The molecule has 1 saturated carbocycles. The van der Waals surface area contributed by atoms with Crippen molar-refractivity contribution >= 4 is 5.91 Å². The van der Waals surface area contributed by atoms with E-state index in [9.17, 15) is 4.79 Å². The highest BCUT2D eigenvalue weighted by Gasteiger charge is 2.17. The van der Waals surface area contributed by atoms with E-state index in [-0.39, 0.29) is 5.91 Å². The minimum Gasteiger partial charge on any atom is -0.379 e. The van der Waals surface area contributed by atoms with Gasteiger partial charge in [0.1, 0.15) is 0 Å². The van der Waals surface area contributed by atoms with Gasteiger partial charge in [-0.3, -0.25) is 9.69 Å². The van der Waals surface area contributed by atoms with Crippen molar-refractivity contribution in [2.24, 2.45) is 5.92 Å². The van der Waals surface area contributed by atoms with Crippen molar-refractivity contribution in [3.05, 3.63) is 0 Å². The first-order valence-corrected chi connectivity index (χ1v) is 7.41. The molecular formula is C14H26N2O2. The summed E-state index contributed by atoms with van der Waals surface area (Å²) in [5.41, 5.74) is 0. The number of hydrogen-bond donors (Lipinski definition) is 1. The Kier molecular flexibility index (Phi) is 5.94. The summed E-state index contributed by atoms with van der Waals surface area (Å²) in [6, 6.07) is 0. The zero-order chi connectivity index (χ0) is 12.6. The molecule has 0 atom stereocenters. The third-order valence-electron chi connectivity index (χ3n) is 4.05. The number of ether oxygens (including phenoxy) is 1. The summed E-state index contributed by atoms with van der Waals surface area (Å²) in [6.45, 7) is 5.40. The highest BCUT2D eigenvalue weighted by Crippen LogP contribution is 2.25. The van der Waals surface area contributed by atoms with Crippen molar-refractivity contribution in [1.82, 2.24) is 10.2 Å². The molecule has 0 unspecified atom stereocenters. The Morgan fingerprint density at radius 3 is 2.61 bits per heavy atom. The fraction of sp³-hybridized carbons (Fsp3) is 0.929. The average Bonchev–Trinajstić information content (AvgIpc) is 2.41. The highest BCUT2D eigenvalue weighted by molar-refractivity contribution is 5.76. The summed E-state index contributed by atoms with van der Waals surface area (Å²) in [5.74, 6) is 0.886. The van der Waals surface area contributed by atoms with Crippen molar-refractivity contribution in [1.29, 1.82) is 0 Å². The summed E-state index contributed by atoms with van der Waals surface area (Å²) in [4.78, 5) is 14.2. The molecule has 104 valence electrons. The lowest BCUT2D eigenvalue weighted by molar-refractivity contribution is -0.122. The highest BCUT2D eigenvalue weighted by atomic mass is 16.5. The predicted molar refractivity (Wildman–Crippen MR) is 71.5 cm³/mol. The van der Waals surface area contributed by atoms with Crippen LogP contribution in [0.4, 0.5) is 0 Å². The maximum absolute atomic E-state index is 11.8. The SMILES string of the molecule is O=C(CC1CCCCC1)NCCN1CCOCC1. The first kappa shape index (κ1) is 13.8. The molecule has 2 aliphatic rings. The minimum absolute atomic E-state index is 0.246. The average molecular weight is 254 g/mol. The Labute approximate surface area is 110 Å². The molecule has 1 aliphatic carbocycles. The molecule has 18 heavy (non-hydrogen) atoms. The van der Waals surface area contributed by atoms with Gasteiger partial charge in [-0.15, -0.1) is 0 Å². The Balaban J connectivity index is 1.53. The zero-order valence-electron chi connectivity index (χ0n) is 11.3. The van der Waals surface area contributed by atoms with Gasteiger partial charge in [0.2, 0.25) is 5.91 Å². The van der Waals surface area contributed by atoms with Gasteiger partial charge in [-0.25, -0.2) is 0 Å². The minimum atomic E-state index is 0.246. The maximum Gasteiger partial charge on any atom is 0.220 e. The quantitative estimate of drug-likeness (QED) is 0.806. The van der Waals surface area contributed by atoms with Gasteiger partial charge in [0, 0.05) is 32.6 Å². The van der Waals surface area contributed by atoms with E-state index in [0.717, 1.165) is 45.8 Å². The third-order valence-corrected chi connectivity index (χ3v) is 4.05. The molecule has 0 radical (unpaired) electrons. The monoisotopic (exact) mass is 254 g/mol. The molecule has 0 spiro atoms. The Hall–Kier alpha value is -0.610. The lowest BCUT2D eigenvalue weighted by Gasteiger charge is -2.26. The lowest BCUT2D eigenvalue weighted by atomic mass is 9.87. The summed E-state index contributed by atoms with van der Waals surface area (Å²) in [7, 11) is 0. The number of morpholine rings is 1. The lowest BCUT2D eigenvalue weighted by Crippen LogP contribution is -2.41. The van der Waals surface area contributed by atoms with Crippen LogP contribution < -0.4 is 5.32 Å². The van der Waals surface area contributed by atoms with E-state index in [0.29, 0.717) is 5.92 Å². The van der Waals surface area contributed by atoms with Crippen LogP contribution in [0.2, 0.25) is 0 Å². The molecule has 0 aromatic heterocycles. The van der Waals surface area contributed by atoms with Crippen molar-refractivity contribution in [2.45, 2.75) is 38.5 Å². The molecule has 2 rings (SSSR count). The fourth-order valence-corrected chi connectivity index (χ4v) is 2.90. The molecule has 1 N–H and O–H groups in total. The predicted octanol–water partition coefficient (Wildman–Crippen LogP) is 1.41. The van der Waals surface area contributed by atoms with Gasteiger partial charge in [-0.1, -0.05) is 19.3 Å². The van der Waals surface area contributed by atoms with Crippen molar-refractivity contribution in [3.8, 4) is 0 Å². The van der Waals surface area contributed by atoms with Crippen molar-refractivity contribution in [3.63, 3.8) is 0 Å². The summed E-state index contributed by atoms with van der Waals surface area (Å²) < 4.78 is 5.30. The maximum atomic E-state index is 11.8. The van der Waals surface area contributed by atoms with Crippen molar-refractivity contribution < 1.29 is 9.53 Å². The molecule has 4 nitrogen and oxygen atoms in total. The molecule has 0 aromatic rings. The van der Waals surface area contributed by atoms with Gasteiger partial charge in [0.25, 0.3) is 0 Å². The fourth-order valence-electron chi connectivity index (χ4n) is 2.90. The van der Waals surface area contributed by atoms with E-state index < -0.39 is 0 Å². The smallest absolute Gasteiger partial charge is 0.220 e. The second-order valence-corrected chi connectivity index (χ2v) is 5.51. The van der Waals surface area contributed by atoms with E-state index in [4.69, 9.17) is 4.74 Å². The topological polar surface area (TPSA) is 41.6 Å². The van der Waals surface area contributed by atoms with Crippen LogP contribution in [0.3, 0.4) is 0 Å². The number of carbonyl (C=O) groups excluding carboxylic acids is 1. The van der Waals surface area contributed by atoms with Crippen molar-refractivity contribution in [2.75, 3.05) is 39.4 Å². The van der Waals surface area contributed by atoms with Gasteiger partial charge in [-0.05, 0) is 18.8 Å². The second-order valence-electron chi connectivity index (χ2n) is 5.51. The van der Waals surface area contributed by atoms with E-state index in [1.54, 1.807) is 0 Å². The van der Waals surface area contributed by atoms with Gasteiger partial charge >= 0.3 is 0 Å². The Morgan fingerprint density at radius 1 is 1.17 bits per heavy atom. The van der Waals surface area contributed by atoms with Crippen LogP contribution in [0.25, 0.3) is 0 Å². The molecule has 0 bridgehead atoms. The largest absolute Gasteiger partial charge is 0.379 e. The Morgan fingerprint density at radius 2 is 1.89 bits per heavy atom. The normalized spacial score (nSPS) is 22.9. The van der Waals surface area contributed by atoms with E-state index in [1.807, 2.05) is 0 Å². The molecule has 1 saturated heterocycles. The molecular weight excluding hydrogens is 228 g/mol. The first-order valence-electron chi connectivity index (χ1n) is 7.41. The van der Waals surface area contributed by atoms with Crippen LogP contribution in [0.5, 0.6) is 0 Å². The number of hydrogen-bond acceptors (Lipinski definition) is 3. The van der Waals surface area contributed by atoms with E-state index >= 15 is 0 Å². The molecule has 4 heteroatoms. The van der Waals surface area contributed by atoms with E-state index in [2.05, 4.69) is 10.2 Å². The molecule has 2 fully saturated rings. The third kappa shape index (κ3) is 4.94. The summed E-state index contributed by atoms with van der Waals surface area (Å²) in [5, 5.41) is 3.06. The van der Waals surface area contributed by atoms with Gasteiger partial charge < -0.3 is 10.1 Å². The molecule has 0 aromatic carbocycles. The van der Waals surface area contributed by atoms with Crippen LogP contribution in [0.1, 0.15) is 38.5 Å². The van der Waals surface area contributed by atoms with Crippen LogP contribution in [0.15, 0.2) is 0 Å². The van der Waals surface area contributed by atoms with Crippen LogP contribution >= 0.6 is 0 Å². The number of rotatable bonds is 5. The first-order chi connectivity index (χ1) is 8.84. The van der Waals surface area contributed by atoms with Gasteiger partial charge in [-0.2, -0.15) is 0 Å². The van der Waals surface area contributed by atoms with Crippen LogP contribution in [-0.2, 0) is 9.53 Å². The van der Waals surface area contributed by atoms with Gasteiger partial charge in [0.15, 0.2) is 0 Å². The number of nitrogens with one attached hydrogen (secondary N) is 1. The standard InChI is InChI=1S/C14H26N2O2/c17-14(12-13-4-2-1-3-5-13)15-6-7-16-8-10-18-11-9-16/h13H,1-12H2,(H,15,17). The summed E-state index contributed by atoms with van der Waals surface area (Å²) in [6.07, 6.45) is 7.21. The Bertz CT molecular complexity index is 246. The molecule has 1 amide bonds. The second kappa shape index (κ2) is 7.74. The number of carbonyl (C=O) groups is 1. The molecule has 1 aliphatic heterocycles. The number of nitrogens with zero attached hydrogens (tertiary/aromatic N) is 1. The van der Waals surface area contributed by atoms with Crippen LogP contribution in [0, 0.1) is 5.92 Å². The number of amides is 1.